The molecule has 18 heavy (non-hydrogen) atoms. The maximum absolute atomic E-state index is 9.85. The van der Waals surface area contributed by atoms with Crippen LogP contribution in [0.4, 0.5) is 0 Å². The molecule has 2 aliphatic rings. The minimum absolute atomic E-state index is 0.126. The smallest absolute Gasteiger partial charge is 0.0487 e. The lowest BCUT2D eigenvalue weighted by Gasteiger charge is -2.55. The summed E-state index contributed by atoms with van der Waals surface area (Å²) >= 11 is 0. The van der Waals surface area contributed by atoms with Crippen LogP contribution in [-0.4, -0.2) is 11.7 Å². The quantitative estimate of drug-likeness (QED) is 0.799. The number of hydrogen-bond acceptors (Lipinski definition) is 1. The van der Waals surface area contributed by atoms with Gasteiger partial charge < -0.3 is 5.11 Å². The molecule has 3 rings (SSSR count). The SMILES string of the molecule is C[C@]1(CO)CCC[C@]2(C)c3ccccc3CC[C@@H]12. The van der Waals surface area contributed by atoms with Crippen LogP contribution < -0.4 is 0 Å². The molecule has 0 aromatic heterocycles. The highest BCUT2D eigenvalue weighted by molar-refractivity contribution is 5.38. The molecule has 0 spiro atoms. The third kappa shape index (κ3) is 1.56. The average Bonchev–Trinajstić information content (AvgIpc) is 2.39. The fourth-order valence-electron chi connectivity index (χ4n) is 4.75. The van der Waals surface area contributed by atoms with E-state index in [0.29, 0.717) is 12.5 Å². The van der Waals surface area contributed by atoms with Crippen LogP contribution in [0.15, 0.2) is 24.3 Å². The molecule has 0 heterocycles. The molecule has 0 bridgehead atoms. The summed E-state index contributed by atoms with van der Waals surface area (Å²) < 4.78 is 0. The molecule has 1 fully saturated rings. The topological polar surface area (TPSA) is 20.2 Å². The molecule has 1 saturated carbocycles. The highest BCUT2D eigenvalue weighted by Gasteiger charge is 2.51. The van der Waals surface area contributed by atoms with Gasteiger partial charge in [0.2, 0.25) is 0 Å². The van der Waals surface area contributed by atoms with Gasteiger partial charge in [0.25, 0.3) is 0 Å². The van der Waals surface area contributed by atoms with Gasteiger partial charge in [0.05, 0.1) is 0 Å². The molecule has 0 unspecified atom stereocenters. The minimum atomic E-state index is 0.126. The van der Waals surface area contributed by atoms with Crippen molar-refractivity contribution in [1.29, 1.82) is 0 Å². The summed E-state index contributed by atoms with van der Waals surface area (Å²) in [5.74, 6) is 0.638. The van der Waals surface area contributed by atoms with Gasteiger partial charge in [0.1, 0.15) is 0 Å². The van der Waals surface area contributed by atoms with Crippen LogP contribution in [0.3, 0.4) is 0 Å². The fourth-order valence-corrected chi connectivity index (χ4v) is 4.75. The summed E-state index contributed by atoms with van der Waals surface area (Å²) in [7, 11) is 0. The number of aliphatic hydroxyl groups excluding tert-OH is 1. The monoisotopic (exact) mass is 244 g/mol. The maximum atomic E-state index is 9.85. The molecule has 1 aromatic carbocycles. The number of fused-ring (bicyclic) bond motifs is 3. The zero-order valence-corrected chi connectivity index (χ0v) is 11.6. The molecule has 1 aromatic rings. The second-order valence-electron chi connectivity index (χ2n) is 6.83. The van der Waals surface area contributed by atoms with E-state index < -0.39 is 0 Å². The predicted molar refractivity (Wildman–Crippen MR) is 74.6 cm³/mol. The van der Waals surface area contributed by atoms with Gasteiger partial charge in [-0.2, -0.15) is 0 Å². The van der Waals surface area contributed by atoms with Crippen molar-refractivity contribution >= 4 is 0 Å². The van der Waals surface area contributed by atoms with Gasteiger partial charge in [0, 0.05) is 6.61 Å². The van der Waals surface area contributed by atoms with Gasteiger partial charge in [-0.05, 0) is 53.6 Å². The summed E-state index contributed by atoms with van der Waals surface area (Å²) in [5.41, 5.74) is 3.50. The first-order valence-corrected chi connectivity index (χ1v) is 7.29. The third-order valence-electron chi connectivity index (χ3n) is 5.75. The molecular weight excluding hydrogens is 220 g/mol. The van der Waals surface area contributed by atoms with Crippen LogP contribution in [0.1, 0.15) is 50.7 Å². The van der Waals surface area contributed by atoms with Crippen LogP contribution in [0, 0.1) is 11.3 Å². The van der Waals surface area contributed by atoms with Gasteiger partial charge in [0.15, 0.2) is 0 Å². The van der Waals surface area contributed by atoms with E-state index >= 15 is 0 Å². The summed E-state index contributed by atoms with van der Waals surface area (Å²) in [6, 6.07) is 8.96. The summed E-state index contributed by atoms with van der Waals surface area (Å²) in [5, 5.41) is 9.85. The van der Waals surface area contributed by atoms with Crippen molar-refractivity contribution in [2.45, 2.75) is 51.4 Å². The number of hydrogen-bond donors (Lipinski definition) is 1. The maximum Gasteiger partial charge on any atom is 0.0487 e. The van der Waals surface area contributed by atoms with E-state index in [4.69, 9.17) is 0 Å². The van der Waals surface area contributed by atoms with Crippen molar-refractivity contribution in [3.05, 3.63) is 35.4 Å². The molecule has 0 radical (unpaired) electrons. The predicted octanol–water partition coefficient (Wildman–Crippen LogP) is 3.69. The second-order valence-corrected chi connectivity index (χ2v) is 6.83. The lowest BCUT2D eigenvalue weighted by molar-refractivity contribution is -0.0178. The normalized spacial score (nSPS) is 38.9. The fraction of sp³-hybridized carbons (Fsp3) is 0.647. The average molecular weight is 244 g/mol. The largest absolute Gasteiger partial charge is 0.396 e. The Morgan fingerprint density at radius 1 is 1.22 bits per heavy atom. The highest BCUT2D eigenvalue weighted by Crippen LogP contribution is 2.56. The Morgan fingerprint density at radius 3 is 2.78 bits per heavy atom. The van der Waals surface area contributed by atoms with Gasteiger partial charge in [-0.25, -0.2) is 0 Å². The molecule has 0 aliphatic heterocycles. The Labute approximate surface area is 110 Å². The van der Waals surface area contributed by atoms with Crippen molar-refractivity contribution in [2.75, 3.05) is 6.61 Å². The van der Waals surface area contributed by atoms with E-state index in [1.165, 1.54) is 32.1 Å². The van der Waals surface area contributed by atoms with Gasteiger partial charge in [-0.3, -0.25) is 0 Å². The molecule has 1 heteroatoms. The number of benzene rings is 1. The van der Waals surface area contributed by atoms with Gasteiger partial charge in [-0.15, -0.1) is 0 Å². The van der Waals surface area contributed by atoms with Crippen LogP contribution in [0.5, 0.6) is 0 Å². The van der Waals surface area contributed by atoms with Crippen molar-refractivity contribution < 1.29 is 5.11 Å². The number of aliphatic hydroxyl groups is 1. The lowest BCUT2D eigenvalue weighted by atomic mass is 9.50. The Balaban J connectivity index is 2.09. The van der Waals surface area contributed by atoms with E-state index in [0.717, 1.165) is 0 Å². The summed E-state index contributed by atoms with van der Waals surface area (Å²) in [4.78, 5) is 0. The Kier molecular flexibility index (Phi) is 2.78. The van der Waals surface area contributed by atoms with E-state index in [2.05, 4.69) is 38.1 Å². The summed E-state index contributed by atoms with van der Waals surface area (Å²) in [6.45, 7) is 5.07. The summed E-state index contributed by atoms with van der Waals surface area (Å²) in [6.07, 6.45) is 6.14. The molecule has 0 amide bonds. The molecule has 0 saturated heterocycles. The zero-order valence-electron chi connectivity index (χ0n) is 11.6. The first kappa shape index (κ1) is 12.2. The molecule has 1 N–H and O–H groups in total. The molecule has 1 nitrogen and oxygen atoms in total. The van der Waals surface area contributed by atoms with Crippen molar-refractivity contribution in [2.24, 2.45) is 11.3 Å². The molecule has 98 valence electrons. The molecule has 2 aliphatic carbocycles. The van der Waals surface area contributed by atoms with Crippen LogP contribution in [0.2, 0.25) is 0 Å². The van der Waals surface area contributed by atoms with Crippen LogP contribution in [0.25, 0.3) is 0 Å². The number of rotatable bonds is 1. The second kappa shape index (κ2) is 4.09. The first-order valence-electron chi connectivity index (χ1n) is 7.29. The van der Waals surface area contributed by atoms with Crippen LogP contribution >= 0.6 is 0 Å². The Morgan fingerprint density at radius 2 is 2.00 bits per heavy atom. The van der Waals surface area contributed by atoms with E-state index in [9.17, 15) is 5.11 Å². The van der Waals surface area contributed by atoms with Crippen molar-refractivity contribution in [3.63, 3.8) is 0 Å². The minimum Gasteiger partial charge on any atom is -0.396 e. The highest BCUT2D eigenvalue weighted by atomic mass is 16.3. The first-order chi connectivity index (χ1) is 8.60. The zero-order chi connectivity index (χ0) is 12.8. The lowest BCUT2D eigenvalue weighted by Crippen LogP contribution is -2.50. The van der Waals surface area contributed by atoms with E-state index in [-0.39, 0.29) is 10.8 Å². The number of aryl methyl sites for hydroxylation is 1. The Hall–Kier alpha value is -0.820. The van der Waals surface area contributed by atoms with Crippen molar-refractivity contribution in [1.82, 2.24) is 0 Å². The third-order valence-corrected chi connectivity index (χ3v) is 5.75. The van der Waals surface area contributed by atoms with Crippen molar-refractivity contribution in [3.8, 4) is 0 Å². The molecule has 3 atom stereocenters. The van der Waals surface area contributed by atoms with Gasteiger partial charge >= 0.3 is 0 Å². The molecular formula is C17H24O. The van der Waals surface area contributed by atoms with Gasteiger partial charge in [-0.1, -0.05) is 44.5 Å². The van der Waals surface area contributed by atoms with E-state index in [1.54, 1.807) is 11.1 Å². The van der Waals surface area contributed by atoms with E-state index in [1.807, 2.05) is 0 Å². The Bertz CT molecular complexity index is 453. The standard InChI is InChI=1S/C17H24O/c1-16(12-18)10-5-11-17(2)14-7-4-3-6-13(14)8-9-15(16)17/h3-4,6-7,15,18H,5,8-12H2,1-2H3/t15-,16+,17+/m0/s1. The van der Waals surface area contributed by atoms with Crippen LogP contribution in [-0.2, 0) is 11.8 Å².